The highest BCUT2D eigenvalue weighted by Crippen LogP contribution is 2.21. The molecule has 1 aromatic carbocycles. The van der Waals surface area contributed by atoms with E-state index < -0.39 is 0 Å². The standard InChI is InChI=1S/C18H25NO4/c1-13(2)23-16-6-4-5-14(9-16)7-8-18(21)19-11-17(22-3)10-15(19)12-20/h4-9,13,15,17,20H,10-12H2,1-3H3/b8-7+/t15-,17+/m0/s1. The maximum absolute atomic E-state index is 12.4. The number of rotatable bonds is 6. The Balaban J connectivity index is 2.03. The van der Waals surface area contributed by atoms with Gasteiger partial charge < -0.3 is 19.5 Å². The van der Waals surface area contributed by atoms with Crippen LogP contribution in [0.3, 0.4) is 0 Å². The summed E-state index contributed by atoms with van der Waals surface area (Å²) in [6, 6.07) is 7.44. The number of benzene rings is 1. The Bertz CT molecular complexity index is 556. The normalized spacial score (nSPS) is 21.3. The SMILES string of the molecule is CO[C@@H]1C[C@@H](CO)N(C(=O)/C=C/c2cccc(OC(C)C)c2)C1. The maximum Gasteiger partial charge on any atom is 0.246 e. The minimum atomic E-state index is -0.173. The molecule has 23 heavy (non-hydrogen) atoms. The summed E-state index contributed by atoms with van der Waals surface area (Å²) in [5.41, 5.74) is 0.902. The fourth-order valence-electron chi connectivity index (χ4n) is 2.71. The highest BCUT2D eigenvalue weighted by molar-refractivity contribution is 5.92. The molecular formula is C18H25NO4. The molecule has 0 unspecified atom stereocenters. The number of hydrogen-bond acceptors (Lipinski definition) is 4. The van der Waals surface area contributed by atoms with Crippen LogP contribution in [0.5, 0.6) is 5.75 Å². The summed E-state index contributed by atoms with van der Waals surface area (Å²) in [5.74, 6) is 0.669. The van der Waals surface area contributed by atoms with E-state index in [0.29, 0.717) is 13.0 Å². The Kier molecular flexibility index (Phi) is 6.19. The Hall–Kier alpha value is -1.85. The van der Waals surface area contributed by atoms with Crippen LogP contribution in [0.2, 0.25) is 0 Å². The van der Waals surface area contributed by atoms with Crippen LogP contribution in [0.4, 0.5) is 0 Å². The topological polar surface area (TPSA) is 59.0 Å². The van der Waals surface area contributed by atoms with Gasteiger partial charge in [0.2, 0.25) is 5.91 Å². The first-order valence-electron chi connectivity index (χ1n) is 7.92. The second-order valence-electron chi connectivity index (χ2n) is 5.99. The lowest BCUT2D eigenvalue weighted by atomic mass is 10.2. The summed E-state index contributed by atoms with van der Waals surface area (Å²) >= 11 is 0. The molecule has 0 aliphatic carbocycles. The van der Waals surface area contributed by atoms with Gasteiger partial charge in [0.15, 0.2) is 0 Å². The molecule has 0 saturated carbocycles. The molecule has 1 amide bonds. The maximum atomic E-state index is 12.4. The summed E-state index contributed by atoms with van der Waals surface area (Å²) in [4.78, 5) is 14.0. The van der Waals surface area contributed by atoms with Crippen molar-refractivity contribution in [1.82, 2.24) is 4.90 Å². The lowest BCUT2D eigenvalue weighted by Crippen LogP contribution is -2.36. The number of aliphatic hydroxyl groups excluding tert-OH is 1. The first kappa shape index (κ1) is 17.5. The average molecular weight is 319 g/mol. The monoisotopic (exact) mass is 319 g/mol. The van der Waals surface area contributed by atoms with Crippen LogP contribution in [0.25, 0.3) is 6.08 Å². The number of nitrogens with zero attached hydrogens (tertiary/aromatic N) is 1. The van der Waals surface area contributed by atoms with E-state index >= 15 is 0 Å². The van der Waals surface area contributed by atoms with Gasteiger partial charge in [-0.3, -0.25) is 4.79 Å². The van der Waals surface area contributed by atoms with Crippen molar-refractivity contribution < 1.29 is 19.4 Å². The minimum absolute atomic E-state index is 0.00716. The molecular weight excluding hydrogens is 294 g/mol. The number of hydrogen-bond donors (Lipinski definition) is 1. The van der Waals surface area contributed by atoms with Gasteiger partial charge in [0.05, 0.1) is 24.9 Å². The van der Waals surface area contributed by atoms with E-state index in [9.17, 15) is 9.90 Å². The van der Waals surface area contributed by atoms with Crippen LogP contribution in [-0.4, -0.2) is 54.4 Å². The van der Waals surface area contributed by atoms with Crippen LogP contribution in [0.15, 0.2) is 30.3 Å². The zero-order valence-electron chi connectivity index (χ0n) is 13.9. The summed E-state index contributed by atoms with van der Waals surface area (Å²) < 4.78 is 10.9. The summed E-state index contributed by atoms with van der Waals surface area (Å²) in [7, 11) is 1.63. The number of amides is 1. The molecule has 2 atom stereocenters. The van der Waals surface area contributed by atoms with Crippen LogP contribution in [0.1, 0.15) is 25.8 Å². The van der Waals surface area contributed by atoms with Gasteiger partial charge in [0.1, 0.15) is 5.75 Å². The number of carbonyl (C=O) groups is 1. The zero-order chi connectivity index (χ0) is 16.8. The number of likely N-dealkylation sites (tertiary alicyclic amines) is 1. The largest absolute Gasteiger partial charge is 0.491 e. The van der Waals surface area contributed by atoms with Crippen molar-refractivity contribution in [2.75, 3.05) is 20.3 Å². The van der Waals surface area contributed by atoms with Crippen molar-refractivity contribution in [3.8, 4) is 5.75 Å². The predicted molar refractivity (Wildman–Crippen MR) is 89.2 cm³/mol. The number of carbonyl (C=O) groups excluding carboxylic acids is 1. The third-order valence-corrected chi connectivity index (χ3v) is 3.85. The smallest absolute Gasteiger partial charge is 0.246 e. The van der Waals surface area contributed by atoms with E-state index in [4.69, 9.17) is 9.47 Å². The molecule has 1 aromatic rings. The van der Waals surface area contributed by atoms with Gasteiger partial charge in [0.25, 0.3) is 0 Å². The van der Waals surface area contributed by atoms with Gasteiger partial charge in [-0.25, -0.2) is 0 Å². The van der Waals surface area contributed by atoms with Crippen LogP contribution >= 0.6 is 0 Å². The lowest BCUT2D eigenvalue weighted by Gasteiger charge is -2.20. The van der Waals surface area contributed by atoms with Gasteiger partial charge in [0, 0.05) is 19.7 Å². The Morgan fingerprint density at radius 1 is 1.48 bits per heavy atom. The fraction of sp³-hybridized carbons (Fsp3) is 0.500. The molecule has 0 bridgehead atoms. The molecule has 1 saturated heterocycles. The summed E-state index contributed by atoms with van der Waals surface area (Å²) in [6.45, 7) is 4.42. The van der Waals surface area contributed by atoms with Crippen molar-refractivity contribution in [2.24, 2.45) is 0 Å². The molecule has 1 aliphatic rings. The Morgan fingerprint density at radius 3 is 2.91 bits per heavy atom. The van der Waals surface area contributed by atoms with Gasteiger partial charge in [-0.05, 0) is 44.0 Å². The Morgan fingerprint density at radius 2 is 2.26 bits per heavy atom. The van der Waals surface area contributed by atoms with Crippen molar-refractivity contribution in [3.05, 3.63) is 35.9 Å². The van der Waals surface area contributed by atoms with E-state index in [1.807, 2.05) is 38.1 Å². The molecule has 1 fully saturated rings. The van der Waals surface area contributed by atoms with Gasteiger partial charge in [-0.1, -0.05) is 12.1 Å². The highest BCUT2D eigenvalue weighted by Gasteiger charge is 2.33. The minimum Gasteiger partial charge on any atom is -0.491 e. The van der Waals surface area contributed by atoms with E-state index in [-0.39, 0.29) is 30.8 Å². The van der Waals surface area contributed by atoms with Gasteiger partial charge >= 0.3 is 0 Å². The second kappa shape index (κ2) is 8.13. The highest BCUT2D eigenvalue weighted by atomic mass is 16.5. The van der Waals surface area contributed by atoms with Crippen molar-refractivity contribution >= 4 is 12.0 Å². The molecule has 2 rings (SSSR count). The number of aliphatic hydroxyl groups is 1. The van der Waals surface area contributed by atoms with Crippen LogP contribution in [-0.2, 0) is 9.53 Å². The van der Waals surface area contributed by atoms with E-state index in [0.717, 1.165) is 11.3 Å². The number of methoxy groups -OCH3 is 1. The molecule has 126 valence electrons. The van der Waals surface area contributed by atoms with Gasteiger partial charge in [-0.2, -0.15) is 0 Å². The van der Waals surface area contributed by atoms with Crippen LogP contribution in [0, 0.1) is 0 Å². The van der Waals surface area contributed by atoms with Crippen molar-refractivity contribution in [2.45, 2.75) is 38.5 Å². The Labute approximate surface area is 137 Å². The zero-order valence-corrected chi connectivity index (χ0v) is 13.9. The molecule has 1 aliphatic heterocycles. The molecule has 1 heterocycles. The molecule has 1 N–H and O–H groups in total. The molecule has 0 aromatic heterocycles. The van der Waals surface area contributed by atoms with Crippen LogP contribution < -0.4 is 4.74 Å². The molecule has 5 heteroatoms. The first-order chi connectivity index (χ1) is 11.0. The lowest BCUT2D eigenvalue weighted by molar-refractivity contribution is -0.127. The predicted octanol–water partition coefficient (Wildman–Crippen LogP) is 2.10. The van der Waals surface area contributed by atoms with E-state index in [1.54, 1.807) is 18.1 Å². The second-order valence-corrected chi connectivity index (χ2v) is 5.99. The molecule has 0 spiro atoms. The van der Waals surface area contributed by atoms with E-state index in [2.05, 4.69) is 0 Å². The average Bonchev–Trinajstić information content (AvgIpc) is 2.96. The summed E-state index contributed by atoms with van der Waals surface area (Å²) in [6.07, 6.45) is 4.08. The fourth-order valence-corrected chi connectivity index (χ4v) is 2.71. The molecule has 0 radical (unpaired) electrons. The summed E-state index contributed by atoms with van der Waals surface area (Å²) in [5, 5.41) is 9.41. The third-order valence-electron chi connectivity index (χ3n) is 3.85. The number of ether oxygens (including phenoxy) is 2. The van der Waals surface area contributed by atoms with E-state index in [1.165, 1.54) is 6.08 Å². The van der Waals surface area contributed by atoms with Crippen molar-refractivity contribution in [3.63, 3.8) is 0 Å². The first-order valence-corrected chi connectivity index (χ1v) is 7.92. The van der Waals surface area contributed by atoms with Crippen molar-refractivity contribution in [1.29, 1.82) is 0 Å². The third kappa shape index (κ3) is 4.81. The molecule has 5 nitrogen and oxygen atoms in total. The quantitative estimate of drug-likeness (QED) is 0.816. The van der Waals surface area contributed by atoms with Gasteiger partial charge in [-0.15, -0.1) is 0 Å².